The van der Waals surface area contributed by atoms with Crippen molar-refractivity contribution >= 4 is 11.5 Å². The molecule has 3 aromatic rings. The molecule has 0 radical (unpaired) electrons. The standard InChI is InChI=1S/C18H23N7O/c1-12-8-14(22-26-12)9-23(2)15-10-24(11-15)17-7-6-16-19-20-18(25(16)21-17)13-4-3-5-13/h6-8,13,15H,3-5,9-11H2,1-2H3. The first kappa shape index (κ1) is 15.7. The zero-order valence-electron chi connectivity index (χ0n) is 15.2. The second-order valence-electron chi connectivity index (χ2n) is 7.55. The van der Waals surface area contributed by atoms with Gasteiger partial charge in [0, 0.05) is 37.7 Å². The van der Waals surface area contributed by atoms with Crippen molar-refractivity contribution in [1.82, 2.24) is 29.9 Å². The van der Waals surface area contributed by atoms with Gasteiger partial charge in [0.05, 0.1) is 5.69 Å². The fourth-order valence-electron chi connectivity index (χ4n) is 3.68. The van der Waals surface area contributed by atoms with Gasteiger partial charge in [0.1, 0.15) is 11.6 Å². The average Bonchev–Trinajstić information content (AvgIpc) is 3.11. The fraction of sp³-hybridized carbons (Fsp3) is 0.556. The molecule has 8 nitrogen and oxygen atoms in total. The molecule has 0 aromatic carbocycles. The third kappa shape index (κ3) is 2.65. The van der Waals surface area contributed by atoms with E-state index in [1.54, 1.807) is 0 Å². The molecule has 2 fully saturated rings. The minimum absolute atomic E-state index is 0.497. The van der Waals surface area contributed by atoms with Crippen LogP contribution in [0.2, 0.25) is 0 Å². The van der Waals surface area contributed by atoms with E-state index in [4.69, 9.17) is 9.62 Å². The first-order chi connectivity index (χ1) is 12.7. The van der Waals surface area contributed by atoms with Crippen molar-refractivity contribution in [3.63, 3.8) is 0 Å². The molecule has 26 heavy (non-hydrogen) atoms. The Labute approximate surface area is 151 Å². The van der Waals surface area contributed by atoms with Crippen LogP contribution in [0.25, 0.3) is 5.65 Å². The van der Waals surface area contributed by atoms with Crippen LogP contribution < -0.4 is 4.90 Å². The summed E-state index contributed by atoms with van der Waals surface area (Å²) in [6.07, 6.45) is 3.68. The fourth-order valence-corrected chi connectivity index (χ4v) is 3.68. The molecular formula is C18H23N7O. The second kappa shape index (κ2) is 6.05. The van der Waals surface area contributed by atoms with Gasteiger partial charge in [-0.05, 0) is 38.9 Å². The monoisotopic (exact) mass is 353 g/mol. The van der Waals surface area contributed by atoms with Crippen LogP contribution in [0.1, 0.15) is 42.5 Å². The van der Waals surface area contributed by atoms with Crippen LogP contribution in [0.4, 0.5) is 5.82 Å². The number of hydrogen-bond acceptors (Lipinski definition) is 7. The maximum absolute atomic E-state index is 5.15. The first-order valence-electron chi connectivity index (χ1n) is 9.27. The molecule has 0 unspecified atom stereocenters. The van der Waals surface area contributed by atoms with Gasteiger partial charge in [0.2, 0.25) is 0 Å². The number of likely N-dealkylation sites (N-methyl/N-ethyl adjacent to an activating group) is 1. The molecule has 0 spiro atoms. The average molecular weight is 353 g/mol. The van der Waals surface area contributed by atoms with E-state index in [-0.39, 0.29) is 0 Å². The molecule has 0 bridgehead atoms. The van der Waals surface area contributed by atoms with Gasteiger partial charge in [-0.2, -0.15) is 4.52 Å². The molecule has 4 heterocycles. The van der Waals surface area contributed by atoms with Gasteiger partial charge in [-0.15, -0.1) is 15.3 Å². The van der Waals surface area contributed by atoms with Crippen molar-refractivity contribution in [2.75, 3.05) is 25.0 Å². The highest BCUT2D eigenvalue weighted by Gasteiger charge is 2.32. The van der Waals surface area contributed by atoms with Crippen LogP contribution in [0.3, 0.4) is 0 Å². The maximum Gasteiger partial charge on any atom is 0.178 e. The van der Waals surface area contributed by atoms with Crippen molar-refractivity contribution in [2.24, 2.45) is 0 Å². The Bertz CT molecular complexity index is 923. The number of hydrogen-bond donors (Lipinski definition) is 0. The Morgan fingerprint density at radius 1 is 1.23 bits per heavy atom. The second-order valence-corrected chi connectivity index (χ2v) is 7.55. The third-order valence-electron chi connectivity index (χ3n) is 5.64. The molecule has 1 aliphatic carbocycles. The van der Waals surface area contributed by atoms with Gasteiger partial charge < -0.3 is 9.42 Å². The Hall–Kier alpha value is -2.48. The first-order valence-corrected chi connectivity index (χ1v) is 9.27. The number of fused-ring (bicyclic) bond motifs is 1. The van der Waals surface area contributed by atoms with E-state index >= 15 is 0 Å². The molecule has 2 aliphatic rings. The van der Waals surface area contributed by atoms with Crippen LogP contribution in [0.5, 0.6) is 0 Å². The summed E-state index contributed by atoms with van der Waals surface area (Å²) in [5.74, 6) is 3.40. The van der Waals surface area contributed by atoms with Crippen molar-refractivity contribution in [2.45, 2.75) is 44.7 Å². The molecule has 0 N–H and O–H groups in total. The Morgan fingerprint density at radius 2 is 2.08 bits per heavy atom. The zero-order chi connectivity index (χ0) is 17.7. The van der Waals surface area contributed by atoms with E-state index in [2.05, 4.69) is 32.2 Å². The van der Waals surface area contributed by atoms with Crippen molar-refractivity contribution < 1.29 is 4.52 Å². The van der Waals surface area contributed by atoms with Crippen molar-refractivity contribution in [1.29, 1.82) is 0 Å². The molecule has 1 saturated carbocycles. The molecule has 3 aromatic heterocycles. The number of rotatable bonds is 5. The highest BCUT2D eigenvalue weighted by Crippen LogP contribution is 2.35. The lowest BCUT2D eigenvalue weighted by Crippen LogP contribution is -2.58. The summed E-state index contributed by atoms with van der Waals surface area (Å²) in [5, 5.41) is 17.5. The summed E-state index contributed by atoms with van der Waals surface area (Å²) in [4.78, 5) is 4.63. The normalized spacial score (nSPS) is 18.5. The summed E-state index contributed by atoms with van der Waals surface area (Å²) in [7, 11) is 2.14. The Kier molecular flexibility index (Phi) is 3.66. The van der Waals surface area contributed by atoms with Crippen LogP contribution in [-0.2, 0) is 6.54 Å². The minimum Gasteiger partial charge on any atom is -0.361 e. The van der Waals surface area contributed by atoms with Gasteiger partial charge in [-0.3, -0.25) is 4.90 Å². The lowest BCUT2D eigenvalue weighted by molar-refractivity contribution is 0.191. The van der Waals surface area contributed by atoms with Crippen LogP contribution in [0.15, 0.2) is 22.7 Å². The lowest BCUT2D eigenvalue weighted by Gasteiger charge is -2.44. The molecule has 5 rings (SSSR count). The molecule has 1 aliphatic heterocycles. The highest BCUT2D eigenvalue weighted by molar-refractivity contribution is 5.48. The summed E-state index contributed by atoms with van der Waals surface area (Å²) in [5.41, 5.74) is 1.82. The largest absolute Gasteiger partial charge is 0.361 e. The molecular weight excluding hydrogens is 330 g/mol. The van der Waals surface area contributed by atoms with E-state index in [0.717, 1.165) is 48.4 Å². The van der Waals surface area contributed by atoms with Gasteiger partial charge in [0.15, 0.2) is 11.5 Å². The van der Waals surface area contributed by atoms with Crippen molar-refractivity contribution in [3.05, 3.63) is 35.5 Å². The summed E-state index contributed by atoms with van der Waals surface area (Å²) in [6.45, 7) is 4.66. The third-order valence-corrected chi connectivity index (χ3v) is 5.64. The molecule has 0 amide bonds. The molecule has 1 saturated heterocycles. The van der Waals surface area contributed by atoms with Crippen LogP contribution in [-0.4, -0.2) is 56.0 Å². The van der Waals surface area contributed by atoms with E-state index in [0.29, 0.717) is 12.0 Å². The highest BCUT2D eigenvalue weighted by atomic mass is 16.5. The smallest absolute Gasteiger partial charge is 0.178 e. The van der Waals surface area contributed by atoms with Gasteiger partial charge in [-0.1, -0.05) is 11.6 Å². The molecule has 136 valence electrons. The van der Waals surface area contributed by atoms with E-state index in [1.165, 1.54) is 19.3 Å². The predicted molar refractivity (Wildman–Crippen MR) is 96.1 cm³/mol. The van der Waals surface area contributed by atoms with Gasteiger partial charge >= 0.3 is 0 Å². The SMILES string of the molecule is Cc1cc(CN(C)C2CN(c3ccc4nnc(C5CCC5)n4n3)C2)no1. The lowest BCUT2D eigenvalue weighted by atomic mass is 9.85. The van der Waals surface area contributed by atoms with Crippen molar-refractivity contribution in [3.8, 4) is 0 Å². The van der Waals surface area contributed by atoms with Gasteiger partial charge in [0.25, 0.3) is 0 Å². The predicted octanol–water partition coefficient (Wildman–Crippen LogP) is 2.01. The quantitative estimate of drug-likeness (QED) is 0.694. The van der Waals surface area contributed by atoms with E-state index < -0.39 is 0 Å². The van der Waals surface area contributed by atoms with Crippen LogP contribution >= 0.6 is 0 Å². The van der Waals surface area contributed by atoms with Crippen LogP contribution in [0, 0.1) is 6.92 Å². The minimum atomic E-state index is 0.497. The summed E-state index contributed by atoms with van der Waals surface area (Å²) < 4.78 is 7.09. The zero-order valence-corrected chi connectivity index (χ0v) is 15.2. The number of aromatic nitrogens is 5. The van der Waals surface area contributed by atoms with E-state index in [1.807, 2.05) is 29.6 Å². The Balaban J connectivity index is 1.26. The summed E-state index contributed by atoms with van der Waals surface area (Å²) in [6, 6.07) is 6.56. The topological polar surface area (TPSA) is 75.6 Å². The number of nitrogens with zero attached hydrogens (tertiary/aromatic N) is 7. The number of aryl methyl sites for hydroxylation is 1. The van der Waals surface area contributed by atoms with Gasteiger partial charge in [-0.25, -0.2) is 0 Å². The maximum atomic E-state index is 5.15. The Morgan fingerprint density at radius 3 is 2.77 bits per heavy atom. The number of anilines is 1. The van der Waals surface area contributed by atoms with E-state index in [9.17, 15) is 0 Å². The molecule has 0 atom stereocenters. The summed E-state index contributed by atoms with van der Waals surface area (Å²) >= 11 is 0. The molecule has 8 heteroatoms.